The van der Waals surface area contributed by atoms with Crippen LogP contribution < -0.4 is 5.69 Å². The van der Waals surface area contributed by atoms with E-state index in [-0.39, 0.29) is 5.69 Å². The van der Waals surface area contributed by atoms with Gasteiger partial charge in [0.2, 0.25) is 0 Å². The lowest BCUT2D eigenvalue weighted by molar-refractivity contribution is 0.369. The summed E-state index contributed by atoms with van der Waals surface area (Å²) in [7, 11) is 0. The first kappa shape index (κ1) is 8.90. The van der Waals surface area contributed by atoms with Crippen molar-refractivity contribution in [3.05, 3.63) is 52.9 Å². The standard InChI is InChI=1S/C10H8N4O2/c15-10-13-6-2-1-3-9(13)12-14(10)7-8-4-5-11-16-8/h1-6H,7H2. The molecule has 3 aromatic rings. The third-order valence-electron chi connectivity index (χ3n) is 2.29. The number of rotatable bonds is 2. The molecule has 0 aliphatic heterocycles. The number of fused-ring (bicyclic) bond motifs is 1. The SMILES string of the molecule is O=c1n(Cc2ccno2)nc2ccccn12. The summed E-state index contributed by atoms with van der Waals surface area (Å²) in [6.07, 6.45) is 3.22. The van der Waals surface area contributed by atoms with Gasteiger partial charge in [0.15, 0.2) is 11.4 Å². The van der Waals surface area contributed by atoms with Crippen molar-refractivity contribution in [2.45, 2.75) is 6.54 Å². The third kappa shape index (κ3) is 1.31. The fourth-order valence-electron chi connectivity index (χ4n) is 1.54. The van der Waals surface area contributed by atoms with E-state index < -0.39 is 0 Å². The Morgan fingerprint density at radius 3 is 3.00 bits per heavy atom. The summed E-state index contributed by atoms with van der Waals surface area (Å²) in [6.45, 7) is 0.292. The van der Waals surface area contributed by atoms with Crippen LogP contribution in [0, 0.1) is 0 Å². The van der Waals surface area contributed by atoms with E-state index in [1.165, 1.54) is 15.3 Å². The van der Waals surface area contributed by atoms with E-state index in [1.54, 1.807) is 24.4 Å². The van der Waals surface area contributed by atoms with Crippen molar-refractivity contribution in [1.82, 2.24) is 19.3 Å². The van der Waals surface area contributed by atoms with Crippen LogP contribution in [-0.2, 0) is 6.54 Å². The second kappa shape index (κ2) is 3.34. The highest BCUT2D eigenvalue weighted by Crippen LogP contribution is 2.00. The van der Waals surface area contributed by atoms with Gasteiger partial charge in [0.1, 0.15) is 6.54 Å². The summed E-state index contributed by atoms with van der Waals surface area (Å²) in [5, 5.41) is 7.74. The molecule has 0 saturated carbocycles. The first-order valence-electron chi connectivity index (χ1n) is 4.78. The van der Waals surface area contributed by atoms with Crippen LogP contribution in [0.4, 0.5) is 0 Å². The molecule has 3 aromatic heterocycles. The summed E-state index contributed by atoms with van der Waals surface area (Å²) in [5.41, 5.74) is 0.430. The van der Waals surface area contributed by atoms with Crippen molar-refractivity contribution in [1.29, 1.82) is 0 Å². The molecular formula is C10H8N4O2. The van der Waals surface area contributed by atoms with E-state index in [2.05, 4.69) is 10.3 Å². The highest BCUT2D eigenvalue weighted by molar-refractivity contribution is 5.35. The number of pyridine rings is 1. The van der Waals surface area contributed by atoms with Gasteiger partial charge in [-0.15, -0.1) is 5.10 Å². The van der Waals surface area contributed by atoms with Crippen molar-refractivity contribution in [3.63, 3.8) is 0 Å². The molecule has 80 valence electrons. The molecular weight excluding hydrogens is 208 g/mol. The number of hydrogen-bond donors (Lipinski definition) is 0. The monoisotopic (exact) mass is 216 g/mol. The lowest BCUT2D eigenvalue weighted by atomic mass is 10.5. The van der Waals surface area contributed by atoms with Crippen molar-refractivity contribution in [2.24, 2.45) is 0 Å². The van der Waals surface area contributed by atoms with E-state index >= 15 is 0 Å². The smallest absolute Gasteiger partial charge is 0.350 e. The van der Waals surface area contributed by atoms with Gasteiger partial charge >= 0.3 is 5.69 Å². The maximum absolute atomic E-state index is 11.9. The second-order valence-electron chi connectivity index (χ2n) is 3.35. The molecule has 0 N–H and O–H groups in total. The zero-order chi connectivity index (χ0) is 11.0. The Morgan fingerprint density at radius 1 is 1.31 bits per heavy atom. The number of hydrogen-bond acceptors (Lipinski definition) is 4. The van der Waals surface area contributed by atoms with E-state index in [0.717, 1.165) is 0 Å². The number of nitrogens with zero attached hydrogens (tertiary/aromatic N) is 4. The van der Waals surface area contributed by atoms with Crippen molar-refractivity contribution >= 4 is 5.65 Å². The van der Waals surface area contributed by atoms with Crippen LogP contribution in [0.3, 0.4) is 0 Å². The maximum atomic E-state index is 11.9. The zero-order valence-electron chi connectivity index (χ0n) is 8.28. The van der Waals surface area contributed by atoms with Gasteiger partial charge in [-0.05, 0) is 12.1 Å². The summed E-state index contributed by atoms with van der Waals surface area (Å²) in [4.78, 5) is 11.9. The summed E-state index contributed by atoms with van der Waals surface area (Å²) in [6, 6.07) is 7.10. The topological polar surface area (TPSA) is 65.3 Å². The number of aromatic nitrogens is 4. The van der Waals surface area contributed by atoms with Crippen LogP contribution in [0.1, 0.15) is 5.76 Å². The van der Waals surface area contributed by atoms with E-state index in [0.29, 0.717) is 18.0 Å². The van der Waals surface area contributed by atoms with Gasteiger partial charge in [-0.3, -0.25) is 4.40 Å². The molecule has 0 radical (unpaired) electrons. The first-order chi connectivity index (χ1) is 7.84. The summed E-state index contributed by atoms with van der Waals surface area (Å²) in [5.74, 6) is 0.602. The molecule has 3 rings (SSSR count). The van der Waals surface area contributed by atoms with Gasteiger partial charge in [0.05, 0.1) is 6.20 Å². The largest absolute Gasteiger partial charge is 0.359 e. The lowest BCUT2D eigenvalue weighted by Gasteiger charge is -1.92. The zero-order valence-corrected chi connectivity index (χ0v) is 8.28. The van der Waals surface area contributed by atoms with Gasteiger partial charge in [0, 0.05) is 12.3 Å². The minimum atomic E-state index is -0.188. The Hall–Kier alpha value is -2.37. The Labute approximate surface area is 89.7 Å². The van der Waals surface area contributed by atoms with Crippen LogP contribution in [0.25, 0.3) is 5.65 Å². The molecule has 16 heavy (non-hydrogen) atoms. The Balaban J connectivity index is 2.11. The lowest BCUT2D eigenvalue weighted by Crippen LogP contribution is -2.21. The molecule has 6 heteroatoms. The predicted octanol–water partition coefficient (Wildman–Crippen LogP) is 0.532. The van der Waals surface area contributed by atoms with Crippen LogP contribution in [-0.4, -0.2) is 19.3 Å². The highest BCUT2D eigenvalue weighted by Gasteiger charge is 2.07. The molecule has 6 nitrogen and oxygen atoms in total. The van der Waals surface area contributed by atoms with Gasteiger partial charge in [-0.1, -0.05) is 11.2 Å². The molecule has 0 bridgehead atoms. The normalized spacial score (nSPS) is 11.0. The molecule has 0 aliphatic rings. The molecule has 3 heterocycles. The first-order valence-corrected chi connectivity index (χ1v) is 4.78. The summed E-state index contributed by atoms with van der Waals surface area (Å²) < 4.78 is 7.76. The van der Waals surface area contributed by atoms with Crippen molar-refractivity contribution < 1.29 is 4.52 Å². The van der Waals surface area contributed by atoms with Gasteiger partial charge in [0.25, 0.3) is 0 Å². The van der Waals surface area contributed by atoms with E-state index in [1.807, 2.05) is 6.07 Å². The molecule has 0 amide bonds. The Kier molecular flexibility index (Phi) is 1.86. The average molecular weight is 216 g/mol. The molecule has 0 aliphatic carbocycles. The van der Waals surface area contributed by atoms with Gasteiger partial charge in [-0.25, -0.2) is 9.48 Å². The molecule has 0 aromatic carbocycles. The van der Waals surface area contributed by atoms with Crippen LogP contribution >= 0.6 is 0 Å². The van der Waals surface area contributed by atoms with Gasteiger partial charge in [-0.2, -0.15) is 0 Å². The van der Waals surface area contributed by atoms with Crippen molar-refractivity contribution in [3.8, 4) is 0 Å². The summed E-state index contributed by atoms with van der Waals surface area (Å²) >= 11 is 0. The Morgan fingerprint density at radius 2 is 2.25 bits per heavy atom. The minimum Gasteiger partial charge on any atom is -0.359 e. The Bertz CT molecular complexity index is 666. The maximum Gasteiger partial charge on any atom is 0.350 e. The average Bonchev–Trinajstić information content (AvgIpc) is 2.90. The van der Waals surface area contributed by atoms with Crippen LogP contribution in [0.15, 0.2) is 46.0 Å². The predicted molar refractivity (Wildman–Crippen MR) is 55.1 cm³/mol. The second-order valence-corrected chi connectivity index (χ2v) is 3.35. The fourth-order valence-corrected chi connectivity index (χ4v) is 1.54. The van der Waals surface area contributed by atoms with Crippen LogP contribution in [0.2, 0.25) is 0 Å². The van der Waals surface area contributed by atoms with E-state index in [9.17, 15) is 4.79 Å². The molecule has 0 unspecified atom stereocenters. The van der Waals surface area contributed by atoms with Crippen molar-refractivity contribution in [2.75, 3.05) is 0 Å². The molecule has 0 spiro atoms. The highest BCUT2D eigenvalue weighted by atomic mass is 16.5. The molecule has 0 fully saturated rings. The third-order valence-corrected chi connectivity index (χ3v) is 2.29. The molecule has 0 saturated heterocycles. The van der Waals surface area contributed by atoms with Gasteiger partial charge < -0.3 is 4.52 Å². The minimum absolute atomic E-state index is 0.188. The fraction of sp³-hybridized carbons (Fsp3) is 0.100. The quantitative estimate of drug-likeness (QED) is 0.626. The molecule has 0 atom stereocenters. The van der Waals surface area contributed by atoms with E-state index in [4.69, 9.17) is 4.52 Å². The van der Waals surface area contributed by atoms with Crippen LogP contribution in [0.5, 0.6) is 0 Å².